The molecule has 146 valence electrons. The summed E-state index contributed by atoms with van der Waals surface area (Å²) in [7, 11) is 1.36. The zero-order valence-electron chi connectivity index (χ0n) is 16.0. The molecule has 1 fully saturated rings. The van der Waals surface area contributed by atoms with Gasteiger partial charge in [0, 0.05) is 39.3 Å². The fourth-order valence-corrected chi connectivity index (χ4v) is 3.34. The van der Waals surface area contributed by atoms with Gasteiger partial charge in [0.25, 0.3) is 0 Å². The highest BCUT2D eigenvalue weighted by Gasteiger charge is 2.20. The Morgan fingerprint density at radius 2 is 1.93 bits per heavy atom. The molecule has 27 heavy (non-hydrogen) atoms. The lowest BCUT2D eigenvalue weighted by atomic mass is 10.2. The predicted molar refractivity (Wildman–Crippen MR) is 102 cm³/mol. The lowest BCUT2D eigenvalue weighted by Crippen LogP contribution is -2.46. The van der Waals surface area contributed by atoms with Crippen molar-refractivity contribution in [1.29, 1.82) is 0 Å². The maximum Gasteiger partial charge on any atom is 0.358 e. The Morgan fingerprint density at radius 3 is 2.67 bits per heavy atom. The van der Waals surface area contributed by atoms with Crippen LogP contribution in [0.3, 0.4) is 0 Å². The monoisotopic (exact) mass is 373 g/mol. The molecule has 0 saturated carbocycles. The molecule has 0 spiro atoms. The number of esters is 1. The van der Waals surface area contributed by atoms with Crippen LogP contribution in [-0.2, 0) is 11.3 Å². The van der Waals surface area contributed by atoms with Gasteiger partial charge in [-0.1, -0.05) is 17.3 Å². The molecule has 0 radical (unpaired) electrons. The number of rotatable bonds is 8. The minimum absolute atomic E-state index is 0.398. The third kappa shape index (κ3) is 4.77. The molecule has 1 aromatic heterocycles. The number of aryl methyl sites for hydroxylation is 1. The Kier molecular flexibility index (Phi) is 6.64. The van der Waals surface area contributed by atoms with E-state index in [0.717, 1.165) is 44.9 Å². The number of piperazine rings is 1. The second-order valence-electron chi connectivity index (χ2n) is 6.42. The van der Waals surface area contributed by atoms with Crippen LogP contribution in [0.25, 0.3) is 0 Å². The Morgan fingerprint density at radius 1 is 1.15 bits per heavy atom. The van der Waals surface area contributed by atoms with E-state index >= 15 is 0 Å². The zero-order chi connectivity index (χ0) is 19.1. The first kappa shape index (κ1) is 19.2. The lowest BCUT2D eigenvalue weighted by Gasteiger charge is -2.36. The van der Waals surface area contributed by atoms with E-state index in [1.807, 2.05) is 19.1 Å². The minimum Gasteiger partial charge on any atom is -0.492 e. The first-order valence-electron chi connectivity index (χ1n) is 9.39. The van der Waals surface area contributed by atoms with Gasteiger partial charge in [-0.25, -0.2) is 9.48 Å². The molecule has 2 heterocycles. The highest BCUT2D eigenvalue weighted by molar-refractivity contribution is 5.86. The molecule has 8 heteroatoms. The van der Waals surface area contributed by atoms with Crippen molar-refractivity contribution in [2.24, 2.45) is 0 Å². The number of aromatic nitrogens is 3. The number of methoxy groups -OCH3 is 1. The summed E-state index contributed by atoms with van der Waals surface area (Å²) in [6, 6.07) is 8.22. The molecule has 0 bridgehead atoms. The molecule has 3 rings (SSSR count). The average Bonchev–Trinajstić information content (AvgIpc) is 3.17. The van der Waals surface area contributed by atoms with Crippen LogP contribution in [0.2, 0.25) is 0 Å². The molecule has 1 aliphatic heterocycles. The van der Waals surface area contributed by atoms with Crippen LogP contribution in [0.5, 0.6) is 5.75 Å². The van der Waals surface area contributed by atoms with Gasteiger partial charge in [-0.05, 0) is 25.5 Å². The first-order chi connectivity index (χ1) is 13.2. The molecule has 1 aromatic carbocycles. The van der Waals surface area contributed by atoms with Crippen LogP contribution in [0.1, 0.15) is 23.8 Å². The number of hydrogen-bond donors (Lipinski definition) is 0. The maximum absolute atomic E-state index is 11.7. The number of benzene rings is 1. The first-order valence-corrected chi connectivity index (χ1v) is 9.39. The largest absolute Gasteiger partial charge is 0.492 e. The quantitative estimate of drug-likeness (QED) is 0.652. The molecular weight excluding hydrogens is 346 g/mol. The Balaban J connectivity index is 1.47. The number of anilines is 1. The van der Waals surface area contributed by atoms with Crippen LogP contribution in [0, 0.1) is 0 Å². The van der Waals surface area contributed by atoms with Crippen molar-refractivity contribution in [3.8, 4) is 5.75 Å². The van der Waals surface area contributed by atoms with Gasteiger partial charge in [0.1, 0.15) is 5.75 Å². The highest BCUT2D eigenvalue weighted by atomic mass is 16.5. The molecule has 0 unspecified atom stereocenters. The van der Waals surface area contributed by atoms with Gasteiger partial charge >= 0.3 is 5.97 Å². The number of carbonyl (C=O) groups excluding carboxylic acids is 1. The SMILES string of the molecule is CCOc1ccccc1N1CCN(CCCn2nncc2C(=O)OC)CC1. The van der Waals surface area contributed by atoms with Crippen LogP contribution in [0.15, 0.2) is 30.5 Å². The van der Waals surface area contributed by atoms with E-state index in [-0.39, 0.29) is 0 Å². The van der Waals surface area contributed by atoms with Crippen LogP contribution < -0.4 is 9.64 Å². The van der Waals surface area contributed by atoms with Crippen molar-refractivity contribution in [1.82, 2.24) is 19.9 Å². The molecule has 2 aromatic rings. The minimum atomic E-state index is -0.401. The van der Waals surface area contributed by atoms with Gasteiger partial charge in [-0.2, -0.15) is 0 Å². The van der Waals surface area contributed by atoms with Crippen molar-refractivity contribution in [2.75, 3.05) is 51.3 Å². The molecule has 0 atom stereocenters. The fourth-order valence-electron chi connectivity index (χ4n) is 3.34. The van der Waals surface area contributed by atoms with Crippen molar-refractivity contribution < 1.29 is 14.3 Å². The second kappa shape index (κ2) is 9.36. The Bertz CT molecular complexity index is 740. The molecule has 8 nitrogen and oxygen atoms in total. The Labute approximate surface area is 159 Å². The zero-order valence-corrected chi connectivity index (χ0v) is 16.0. The van der Waals surface area contributed by atoms with Gasteiger partial charge in [0.15, 0.2) is 5.69 Å². The van der Waals surface area contributed by atoms with Gasteiger partial charge in [-0.15, -0.1) is 5.10 Å². The Hall–Kier alpha value is -2.61. The third-order valence-corrected chi connectivity index (χ3v) is 4.73. The molecule has 1 saturated heterocycles. The third-order valence-electron chi connectivity index (χ3n) is 4.73. The number of nitrogens with zero attached hydrogens (tertiary/aromatic N) is 5. The standard InChI is InChI=1S/C19H27N5O3/c1-3-27-18-8-5-4-7-16(18)23-13-11-22(12-14-23)9-6-10-24-17(15-20-21-24)19(25)26-2/h4-5,7-8,15H,3,6,9-14H2,1-2H3. The van der Waals surface area contributed by atoms with E-state index in [4.69, 9.17) is 9.47 Å². The second-order valence-corrected chi connectivity index (χ2v) is 6.42. The number of ether oxygens (including phenoxy) is 2. The van der Waals surface area contributed by atoms with Crippen molar-refractivity contribution in [3.63, 3.8) is 0 Å². The topological polar surface area (TPSA) is 72.7 Å². The predicted octanol–water partition coefficient (Wildman–Crippen LogP) is 1.68. The molecular formula is C19H27N5O3. The van der Waals surface area contributed by atoms with Crippen molar-refractivity contribution in [3.05, 3.63) is 36.2 Å². The van der Waals surface area contributed by atoms with Crippen LogP contribution in [-0.4, -0.2) is 72.3 Å². The maximum atomic E-state index is 11.7. The molecule has 0 aliphatic carbocycles. The summed E-state index contributed by atoms with van der Waals surface area (Å²) in [5.74, 6) is 0.552. The van der Waals surface area contributed by atoms with Gasteiger partial charge in [-0.3, -0.25) is 4.90 Å². The molecule has 1 aliphatic rings. The van der Waals surface area contributed by atoms with E-state index in [9.17, 15) is 4.79 Å². The van der Waals surface area contributed by atoms with E-state index in [0.29, 0.717) is 18.8 Å². The van der Waals surface area contributed by atoms with E-state index in [1.54, 1.807) is 4.68 Å². The van der Waals surface area contributed by atoms with Gasteiger partial charge in [0.05, 0.1) is 25.6 Å². The summed E-state index contributed by atoms with van der Waals surface area (Å²) < 4.78 is 12.1. The van der Waals surface area contributed by atoms with E-state index in [2.05, 4.69) is 32.2 Å². The normalized spacial score (nSPS) is 15.0. The van der Waals surface area contributed by atoms with Crippen molar-refractivity contribution in [2.45, 2.75) is 19.9 Å². The smallest absolute Gasteiger partial charge is 0.358 e. The highest BCUT2D eigenvalue weighted by Crippen LogP contribution is 2.28. The summed E-state index contributed by atoms with van der Waals surface area (Å²) in [6.07, 6.45) is 2.35. The fraction of sp³-hybridized carbons (Fsp3) is 0.526. The van der Waals surface area contributed by atoms with Crippen LogP contribution in [0.4, 0.5) is 5.69 Å². The van der Waals surface area contributed by atoms with Gasteiger partial charge in [0.2, 0.25) is 0 Å². The van der Waals surface area contributed by atoms with E-state index in [1.165, 1.54) is 19.0 Å². The van der Waals surface area contributed by atoms with E-state index < -0.39 is 5.97 Å². The molecule has 0 N–H and O–H groups in total. The average molecular weight is 373 g/mol. The summed E-state index contributed by atoms with van der Waals surface area (Å²) in [5.41, 5.74) is 1.57. The lowest BCUT2D eigenvalue weighted by molar-refractivity contribution is 0.0586. The number of para-hydroxylation sites is 2. The number of hydrogen-bond acceptors (Lipinski definition) is 7. The summed E-state index contributed by atoms with van der Waals surface area (Å²) in [6.45, 7) is 8.24. The summed E-state index contributed by atoms with van der Waals surface area (Å²) >= 11 is 0. The number of carbonyl (C=O) groups is 1. The van der Waals surface area contributed by atoms with Crippen molar-refractivity contribution >= 4 is 11.7 Å². The summed E-state index contributed by atoms with van der Waals surface area (Å²) in [5, 5.41) is 7.78. The molecule has 0 amide bonds. The summed E-state index contributed by atoms with van der Waals surface area (Å²) in [4.78, 5) is 16.5. The van der Waals surface area contributed by atoms with Gasteiger partial charge < -0.3 is 14.4 Å². The van der Waals surface area contributed by atoms with Crippen LogP contribution >= 0.6 is 0 Å².